The van der Waals surface area contributed by atoms with Gasteiger partial charge in [-0.05, 0) is 53.6 Å². The Morgan fingerprint density at radius 2 is 1.94 bits per heavy atom. The van der Waals surface area contributed by atoms with Crippen molar-refractivity contribution in [2.75, 3.05) is 20.5 Å². The summed E-state index contributed by atoms with van der Waals surface area (Å²) < 4.78 is 21.8. The molecule has 2 heterocycles. The second kappa shape index (κ2) is 9.75. The maximum Gasteiger partial charge on any atom is 0.293 e. The molecule has 168 valence electrons. The van der Waals surface area contributed by atoms with Gasteiger partial charge in [0.25, 0.3) is 11.1 Å². The number of rotatable bonds is 8. The standard InChI is InChI=1S/C23H22ClNO6S/c1-3-4-7-29-17-6-5-14(8-18(17)28-2)9-21-22(26)25(23(27)32-21)12-15-10-19-20(11-16(15)24)31-13-30-19/h5-6,8-11H,3-4,7,12-13H2,1-2H3/b21-9-. The highest BCUT2D eigenvalue weighted by molar-refractivity contribution is 8.18. The van der Waals surface area contributed by atoms with Crippen molar-refractivity contribution < 1.29 is 28.5 Å². The Bertz CT molecular complexity index is 1090. The third-order valence-electron chi connectivity index (χ3n) is 4.98. The lowest BCUT2D eigenvalue weighted by Gasteiger charge is -2.14. The number of amides is 2. The van der Waals surface area contributed by atoms with E-state index in [0.29, 0.717) is 45.1 Å². The lowest BCUT2D eigenvalue weighted by molar-refractivity contribution is -0.123. The predicted octanol–water partition coefficient (Wildman–Crippen LogP) is 5.49. The molecule has 32 heavy (non-hydrogen) atoms. The average molecular weight is 476 g/mol. The molecule has 0 aliphatic carbocycles. The quantitative estimate of drug-likeness (QED) is 0.369. The number of carbonyl (C=O) groups excluding carboxylic acids is 2. The van der Waals surface area contributed by atoms with Crippen LogP contribution >= 0.6 is 23.4 Å². The molecule has 0 spiro atoms. The molecule has 9 heteroatoms. The summed E-state index contributed by atoms with van der Waals surface area (Å²) in [6.45, 7) is 2.86. The van der Waals surface area contributed by atoms with Crippen molar-refractivity contribution in [3.8, 4) is 23.0 Å². The van der Waals surface area contributed by atoms with Gasteiger partial charge in [-0.15, -0.1) is 0 Å². The molecule has 2 aromatic carbocycles. The smallest absolute Gasteiger partial charge is 0.293 e. The summed E-state index contributed by atoms with van der Waals surface area (Å²) >= 11 is 7.20. The number of carbonyl (C=O) groups is 2. The molecule has 0 bridgehead atoms. The minimum atomic E-state index is -0.379. The van der Waals surface area contributed by atoms with Crippen LogP contribution < -0.4 is 18.9 Å². The van der Waals surface area contributed by atoms with Crippen LogP contribution in [-0.4, -0.2) is 36.6 Å². The van der Waals surface area contributed by atoms with Crippen LogP contribution in [0.15, 0.2) is 35.2 Å². The van der Waals surface area contributed by atoms with E-state index in [1.165, 1.54) is 4.90 Å². The molecule has 0 unspecified atom stereocenters. The largest absolute Gasteiger partial charge is 0.493 e. The van der Waals surface area contributed by atoms with Gasteiger partial charge in [-0.1, -0.05) is 31.0 Å². The summed E-state index contributed by atoms with van der Waals surface area (Å²) in [5.74, 6) is 1.92. The van der Waals surface area contributed by atoms with Crippen LogP contribution in [0, 0.1) is 0 Å². The Hall–Kier alpha value is -2.84. The molecule has 0 saturated carbocycles. The number of hydrogen-bond donors (Lipinski definition) is 0. The minimum absolute atomic E-state index is 0.0466. The number of nitrogens with zero attached hydrogens (tertiary/aromatic N) is 1. The zero-order valence-corrected chi connectivity index (χ0v) is 19.3. The van der Waals surface area contributed by atoms with Gasteiger partial charge in [0, 0.05) is 11.1 Å². The Morgan fingerprint density at radius 3 is 2.69 bits per heavy atom. The van der Waals surface area contributed by atoms with Crippen LogP contribution in [0.25, 0.3) is 6.08 Å². The van der Waals surface area contributed by atoms with Crippen molar-refractivity contribution in [1.29, 1.82) is 0 Å². The van der Waals surface area contributed by atoms with E-state index in [1.807, 2.05) is 6.07 Å². The SMILES string of the molecule is CCCCOc1ccc(/C=C2\SC(=O)N(Cc3cc4c(cc3Cl)OCO4)C2=O)cc1OC. The summed E-state index contributed by atoms with van der Waals surface area (Å²) in [6, 6.07) is 8.73. The lowest BCUT2D eigenvalue weighted by Crippen LogP contribution is -2.27. The van der Waals surface area contributed by atoms with Crippen LogP contribution in [-0.2, 0) is 11.3 Å². The molecule has 7 nitrogen and oxygen atoms in total. The molecule has 2 aliphatic heterocycles. The fourth-order valence-corrected chi connectivity index (χ4v) is 4.31. The zero-order chi connectivity index (χ0) is 22.7. The highest BCUT2D eigenvalue weighted by atomic mass is 35.5. The van der Waals surface area contributed by atoms with Gasteiger partial charge in [0.05, 0.1) is 25.2 Å². The van der Waals surface area contributed by atoms with Gasteiger partial charge in [-0.2, -0.15) is 0 Å². The van der Waals surface area contributed by atoms with Gasteiger partial charge in [0.1, 0.15) is 0 Å². The van der Waals surface area contributed by atoms with Crippen molar-refractivity contribution in [3.63, 3.8) is 0 Å². The van der Waals surface area contributed by atoms with Crippen molar-refractivity contribution in [2.24, 2.45) is 0 Å². The molecule has 4 rings (SSSR count). The number of methoxy groups -OCH3 is 1. The minimum Gasteiger partial charge on any atom is -0.493 e. The molecular formula is C23H22ClNO6S. The van der Waals surface area contributed by atoms with E-state index in [-0.39, 0.29) is 24.5 Å². The molecule has 2 aliphatic rings. The van der Waals surface area contributed by atoms with E-state index >= 15 is 0 Å². The van der Waals surface area contributed by atoms with E-state index in [0.717, 1.165) is 30.2 Å². The first-order valence-electron chi connectivity index (χ1n) is 10.1. The highest BCUT2D eigenvalue weighted by Crippen LogP contribution is 2.40. The topological polar surface area (TPSA) is 74.3 Å². The number of thioether (sulfide) groups is 1. The van der Waals surface area contributed by atoms with E-state index in [1.54, 1.807) is 37.5 Å². The Kier molecular flexibility index (Phi) is 6.81. The van der Waals surface area contributed by atoms with Crippen LogP contribution in [0.3, 0.4) is 0 Å². The van der Waals surface area contributed by atoms with E-state index in [4.69, 9.17) is 30.5 Å². The second-order valence-corrected chi connectivity index (χ2v) is 8.58. The summed E-state index contributed by atoms with van der Waals surface area (Å²) in [6.07, 6.45) is 3.66. The molecule has 0 atom stereocenters. The van der Waals surface area contributed by atoms with Gasteiger partial charge in [-0.25, -0.2) is 0 Å². The third kappa shape index (κ3) is 4.66. The molecule has 2 amide bonds. The molecule has 1 fully saturated rings. The van der Waals surface area contributed by atoms with Gasteiger partial charge in [-0.3, -0.25) is 14.5 Å². The maximum atomic E-state index is 12.9. The number of halogens is 1. The van der Waals surface area contributed by atoms with Crippen LogP contribution in [0.1, 0.15) is 30.9 Å². The third-order valence-corrected chi connectivity index (χ3v) is 6.24. The Morgan fingerprint density at radius 1 is 1.16 bits per heavy atom. The lowest BCUT2D eigenvalue weighted by atomic mass is 10.1. The highest BCUT2D eigenvalue weighted by Gasteiger charge is 2.35. The average Bonchev–Trinajstić information content (AvgIpc) is 3.34. The number of fused-ring (bicyclic) bond motifs is 1. The van der Waals surface area contributed by atoms with Crippen molar-refractivity contribution in [2.45, 2.75) is 26.3 Å². The number of unbranched alkanes of at least 4 members (excludes halogenated alkanes) is 1. The maximum absolute atomic E-state index is 12.9. The fourth-order valence-electron chi connectivity index (χ4n) is 3.26. The van der Waals surface area contributed by atoms with Crippen LogP contribution in [0.5, 0.6) is 23.0 Å². The van der Waals surface area contributed by atoms with Gasteiger partial charge >= 0.3 is 0 Å². The molecular weight excluding hydrogens is 454 g/mol. The first-order valence-corrected chi connectivity index (χ1v) is 11.3. The summed E-state index contributed by atoms with van der Waals surface area (Å²) in [5, 5.41) is 0.0437. The Labute approximate surface area is 195 Å². The van der Waals surface area contributed by atoms with Gasteiger partial charge in [0.15, 0.2) is 23.0 Å². The second-order valence-electron chi connectivity index (χ2n) is 7.18. The van der Waals surface area contributed by atoms with E-state index in [2.05, 4.69) is 6.92 Å². The van der Waals surface area contributed by atoms with Crippen molar-refractivity contribution in [1.82, 2.24) is 4.90 Å². The summed E-state index contributed by atoms with van der Waals surface area (Å²) in [5.41, 5.74) is 1.34. The van der Waals surface area contributed by atoms with Crippen molar-refractivity contribution >= 4 is 40.6 Å². The van der Waals surface area contributed by atoms with Crippen molar-refractivity contribution in [3.05, 3.63) is 51.4 Å². The van der Waals surface area contributed by atoms with E-state index in [9.17, 15) is 9.59 Å². The first kappa shape index (κ1) is 22.4. The monoisotopic (exact) mass is 475 g/mol. The fraction of sp³-hybridized carbons (Fsp3) is 0.304. The molecule has 0 radical (unpaired) electrons. The normalized spacial score (nSPS) is 16.2. The van der Waals surface area contributed by atoms with Crippen LogP contribution in [0.2, 0.25) is 5.02 Å². The molecule has 1 saturated heterocycles. The number of benzene rings is 2. The van der Waals surface area contributed by atoms with Gasteiger partial charge in [0.2, 0.25) is 6.79 Å². The first-order chi connectivity index (χ1) is 15.5. The number of ether oxygens (including phenoxy) is 4. The van der Waals surface area contributed by atoms with Gasteiger partial charge < -0.3 is 18.9 Å². The summed E-state index contributed by atoms with van der Waals surface area (Å²) in [7, 11) is 1.56. The number of hydrogen-bond acceptors (Lipinski definition) is 7. The Balaban J connectivity index is 1.51. The van der Waals surface area contributed by atoms with Crippen LogP contribution in [0.4, 0.5) is 4.79 Å². The molecule has 0 N–H and O–H groups in total. The predicted molar refractivity (Wildman–Crippen MR) is 122 cm³/mol. The molecule has 2 aromatic rings. The molecule has 0 aromatic heterocycles. The summed E-state index contributed by atoms with van der Waals surface area (Å²) in [4.78, 5) is 27.0. The number of imide groups is 1. The zero-order valence-electron chi connectivity index (χ0n) is 17.7. The van der Waals surface area contributed by atoms with E-state index < -0.39 is 0 Å².